The number of ether oxygens (including phenoxy) is 1. The van der Waals surface area contributed by atoms with Crippen molar-refractivity contribution >= 4 is 41.4 Å². The van der Waals surface area contributed by atoms with Gasteiger partial charge < -0.3 is 19.9 Å². The van der Waals surface area contributed by atoms with Gasteiger partial charge in [-0.3, -0.25) is 18.7 Å². The lowest BCUT2D eigenvalue weighted by atomic mass is 10.1. The van der Waals surface area contributed by atoms with Crippen molar-refractivity contribution in [2.45, 2.75) is 33.4 Å². The predicted octanol–water partition coefficient (Wildman–Crippen LogP) is 1.69. The van der Waals surface area contributed by atoms with Gasteiger partial charge in [0.2, 0.25) is 11.9 Å². The van der Waals surface area contributed by atoms with E-state index in [4.69, 9.17) is 14.7 Å². The summed E-state index contributed by atoms with van der Waals surface area (Å²) >= 11 is 0. The number of carbonyl (C=O) groups is 1. The average Bonchev–Trinajstić information content (AvgIpc) is 3.26. The van der Waals surface area contributed by atoms with Gasteiger partial charge in [-0.1, -0.05) is 36.3 Å². The van der Waals surface area contributed by atoms with E-state index in [1.165, 1.54) is 0 Å². The van der Waals surface area contributed by atoms with Gasteiger partial charge in [0.05, 0.1) is 13.2 Å². The molecule has 4 rings (SSSR count). The first kappa shape index (κ1) is 28.0. The van der Waals surface area contributed by atoms with Crippen LogP contribution >= 0.6 is 12.4 Å². The van der Waals surface area contributed by atoms with E-state index in [0.29, 0.717) is 42.6 Å². The van der Waals surface area contributed by atoms with E-state index < -0.39 is 0 Å². The van der Waals surface area contributed by atoms with Gasteiger partial charge in [0.1, 0.15) is 6.54 Å². The third-order valence-corrected chi connectivity index (χ3v) is 6.12. The summed E-state index contributed by atoms with van der Waals surface area (Å²) in [6, 6.07) is 9.98. The summed E-state index contributed by atoms with van der Waals surface area (Å²) in [4.78, 5) is 39.6. The monoisotopic (exact) mass is 527 g/mol. The number of carbonyl (C=O) groups excluding carboxylic acids is 1. The third kappa shape index (κ3) is 6.42. The number of esters is 1. The van der Waals surface area contributed by atoms with Crippen LogP contribution in [0.1, 0.15) is 19.4 Å². The minimum atomic E-state index is -0.380. The van der Waals surface area contributed by atoms with Gasteiger partial charge >= 0.3 is 5.97 Å². The first-order valence-electron chi connectivity index (χ1n) is 12.3. The molecule has 0 bridgehead atoms. The van der Waals surface area contributed by atoms with Crippen LogP contribution in [-0.4, -0.2) is 71.4 Å². The van der Waals surface area contributed by atoms with Gasteiger partial charge in [0.15, 0.2) is 11.2 Å². The number of nitrogens with zero attached hydrogens (tertiary/aromatic N) is 6. The first-order valence-corrected chi connectivity index (χ1v) is 12.3. The maximum absolute atomic E-state index is 14.0. The number of hydrogen-bond donors (Lipinski definition) is 1. The highest BCUT2D eigenvalue weighted by atomic mass is 35.5. The molecule has 1 aromatic carbocycles. The summed E-state index contributed by atoms with van der Waals surface area (Å²) in [5, 5.41) is 3.35. The summed E-state index contributed by atoms with van der Waals surface area (Å²) in [5.74, 6) is 6.71. The fraction of sp³-hybridized carbons (Fsp3) is 0.462. The van der Waals surface area contributed by atoms with Crippen LogP contribution in [0.15, 0.2) is 35.1 Å². The van der Waals surface area contributed by atoms with Crippen LogP contribution in [0.5, 0.6) is 0 Å². The van der Waals surface area contributed by atoms with Crippen LogP contribution < -0.4 is 20.7 Å². The molecule has 0 unspecified atom stereocenters. The Morgan fingerprint density at radius 2 is 1.89 bits per heavy atom. The normalized spacial score (nSPS) is 13.0. The number of piperazine rings is 1. The topological polar surface area (TPSA) is 97.5 Å². The lowest BCUT2D eigenvalue weighted by Gasteiger charge is -2.28. The molecule has 10 nitrogen and oxygen atoms in total. The molecule has 1 N–H and O–H groups in total. The fourth-order valence-electron chi connectivity index (χ4n) is 4.36. The second-order valence-electron chi connectivity index (χ2n) is 8.60. The zero-order chi connectivity index (χ0) is 25.5. The molecular formula is C26H34ClN7O3. The Bertz CT molecular complexity index is 1320. The molecule has 37 heavy (non-hydrogen) atoms. The van der Waals surface area contributed by atoms with Crippen molar-refractivity contribution in [1.82, 2.24) is 24.4 Å². The molecule has 0 aliphatic carbocycles. The summed E-state index contributed by atoms with van der Waals surface area (Å²) in [5.41, 5.74) is 1.68. The van der Waals surface area contributed by atoms with Crippen LogP contribution in [-0.2, 0) is 29.0 Å². The molecule has 0 saturated carbocycles. The second-order valence-corrected chi connectivity index (χ2v) is 8.60. The van der Waals surface area contributed by atoms with Crippen LogP contribution in [0, 0.1) is 11.8 Å². The molecule has 198 valence electrons. The standard InChI is InChI=1S/C26H33N7O3.ClH/c1-4-6-15-32-22-23(29-26(32)31-17-13-27-14-18-31)28-25(30(3)19-21(34)36-5-2)33(24(22)35)16-12-20-10-8-7-9-11-20;/h7-11,27H,5,12-19H2,1-3H3;1H. The molecule has 11 heteroatoms. The minimum absolute atomic E-state index is 0. The summed E-state index contributed by atoms with van der Waals surface area (Å²) in [6.07, 6.45) is 0.641. The SMILES string of the molecule is CC#CCn1c(N2CCNCC2)nc2nc(N(C)CC(=O)OCC)n(CCc3ccccc3)c(=O)c21.Cl. The molecule has 0 spiro atoms. The fourth-order valence-corrected chi connectivity index (χ4v) is 4.36. The number of imidazole rings is 1. The zero-order valence-corrected chi connectivity index (χ0v) is 22.4. The number of halogens is 1. The molecule has 1 aliphatic rings. The lowest BCUT2D eigenvalue weighted by molar-refractivity contribution is -0.141. The number of benzene rings is 1. The summed E-state index contributed by atoms with van der Waals surface area (Å²) < 4.78 is 8.63. The first-order chi connectivity index (χ1) is 17.5. The van der Waals surface area contributed by atoms with Gasteiger partial charge in [0, 0.05) is 39.8 Å². The average molecular weight is 528 g/mol. The molecule has 0 amide bonds. The van der Waals surface area contributed by atoms with E-state index in [2.05, 4.69) is 22.1 Å². The Hall–Kier alpha value is -3.55. The van der Waals surface area contributed by atoms with Crippen molar-refractivity contribution in [1.29, 1.82) is 0 Å². The Balaban J connectivity index is 0.00000380. The van der Waals surface area contributed by atoms with Crippen molar-refractivity contribution in [2.24, 2.45) is 0 Å². The van der Waals surface area contributed by atoms with E-state index in [9.17, 15) is 9.59 Å². The van der Waals surface area contributed by atoms with Crippen molar-refractivity contribution in [3.8, 4) is 11.8 Å². The number of nitrogens with one attached hydrogen (secondary N) is 1. The van der Waals surface area contributed by atoms with Gasteiger partial charge in [-0.25, -0.2) is 0 Å². The number of hydrogen-bond acceptors (Lipinski definition) is 8. The third-order valence-electron chi connectivity index (χ3n) is 6.12. The van der Waals surface area contributed by atoms with Crippen molar-refractivity contribution in [2.75, 3.05) is 56.2 Å². The molecule has 1 fully saturated rings. The number of fused-ring (bicyclic) bond motifs is 1. The van der Waals surface area contributed by atoms with Crippen LogP contribution in [0.4, 0.5) is 11.9 Å². The number of rotatable bonds is 9. The molecule has 3 aromatic rings. The Morgan fingerprint density at radius 1 is 1.16 bits per heavy atom. The van der Waals surface area contributed by atoms with Crippen molar-refractivity contribution in [3.63, 3.8) is 0 Å². The molecule has 3 heterocycles. The van der Waals surface area contributed by atoms with E-state index >= 15 is 0 Å². The van der Waals surface area contributed by atoms with Gasteiger partial charge in [-0.2, -0.15) is 9.97 Å². The molecule has 0 radical (unpaired) electrons. The van der Waals surface area contributed by atoms with Crippen molar-refractivity contribution in [3.05, 3.63) is 46.2 Å². The van der Waals surface area contributed by atoms with E-state index in [1.807, 2.05) is 34.9 Å². The molecule has 0 atom stereocenters. The van der Waals surface area contributed by atoms with Crippen LogP contribution in [0.3, 0.4) is 0 Å². The molecule has 2 aromatic heterocycles. The molecular weight excluding hydrogens is 494 g/mol. The van der Waals surface area contributed by atoms with Gasteiger partial charge in [-0.15, -0.1) is 18.3 Å². The molecule has 1 aliphatic heterocycles. The Morgan fingerprint density at radius 3 is 2.57 bits per heavy atom. The second kappa shape index (κ2) is 13.1. The smallest absolute Gasteiger partial charge is 0.325 e. The lowest BCUT2D eigenvalue weighted by Crippen LogP contribution is -2.44. The minimum Gasteiger partial charge on any atom is -0.465 e. The summed E-state index contributed by atoms with van der Waals surface area (Å²) in [7, 11) is 1.74. The molecule has 1 saturated heterocycles. The van der Waals surface area contributed by atoms with E-state index in [-0.39, 0.29) is 37.1 Å². The highest BCUT2D eigenvalue weighted by Gasteiger charge is 2.25. The van der Waals surface area contributed by atoms with Crippen LogP contribution in [0.2, 0.25) is 0 Å². The van der Waals surface area contributed by atoms with Crippen LogP contribution in [0.25, 0.3) is 11.2 Å². The highest BCUT2D eigenvalue weighted by molar-refractivity contribution is 5.85. The van der Waals surface area contributed by atoms with E-state index in [0.717, 1.165) is 31.7 Å². The highest BCUT2D eigenvalue weighted by Crippen LogP contribution is 2.22. The van der Waals surface area contributed by atoms with E-state index in [1.54, 1.807) is 30.4 Å². The number of aromatic nitrogens is 4. The Kier molecular flexibility index (Phi) is 9.94. The number of anilines is 2. The largest absolute Gasteiger partial charge is 0.465 e. The quantitative estimate of drug-likeness (QED) is 0.332. The predicted molar refractivity (Wildman–Crippen MR) is 148 cm³/mol. The van der Waals surface area contributed by atoms with Gasteiger partial charge in [-0.05, 0) is 25.8 Å². The maximum atomic E-state index is 14.0. The number of likely N-dealkylation sites (N-methyl/N-ethyl adjacent to an activating group) is 1. The summed E-state index contributed by atoms with van der Waals surface area (Å²) in [6.45, 7) is 7.80. The number of aryl methyl sites for hydroxylation is 1. The maximum Gasteiger partial charge on any atom is 0.325 e. The Labute approximate surface area is 223 Å². The zero-order valence-electron chi connectivity index (χ0n) is 21.6. The van der Waals surface area contributed by atoms with Crippen molar-refractivity contribution < 1.29 is 9.53 Å². The van der Waals surface area contributed by atoms with Gasteiger partial charge in [0.25, 0.3) is 5.56 Å².